The lowest BCUT2D eigenvalue weighted by Crippen LogP contribution is -2.37. The van der Waals surface area contributed by atoms with Gasteiger partial charge in [0.15, 0.2) is 0 Å². The third-order valence-electron chi connectivity index (χ3n) is 1.57. The van der Waals surface area contributed by atoms with Crippen LogP contribution >= 0.6 is 0 Å². The Morgan fingerprint density at radius 2 is 1.91 bits per heavy atom. The lowest BCUT2D eigenvalue weighted by Gasteiger charge is -2.29. The van der Waals surface area contributed by atoms with Crippen LogP contribution in [0.2, 0.25) is 0 Å². The average Bonchev–Trinajstić information content (AvgIpc) is 1.79. The highest BCUT2D eigenvalue weighted by atomic mass is 14.9. The van der Waals surface area contributed by atoms with Crippen LogP contribution in [0.4, 0.5) is 0 Å². The van der Waals surface area contributed by atoms with Gasteiger partial charge in [0, 0.05) is 11.7 Å². The summed E-state index contributed by atoms with van der Waals surface area (Å²) in [6, 6.07) is 0.306. The Bertz CT molecular complexity index is 151. The molecule has 0 fully saturated rings. The van der Waals surface area contributed by atoms with E-state index in [9.17, 15) is 0 Å². The second-order valence-electron chi connectivity index (χ2n) is 4.00. The molecule has 0 radical (unpaired) electrons. The van der Waals surface area contributed by atoms with E-state index in [0.717, 1.165) is 5.70 Å². The number of hydrogen-bond acceptors (Lipinski definition) is 1. The first-order valence-electron chi connectivity index (χ1n) is 3.92. The molecule has 1 heteroatoms. The lowest BCUT2D eigenvalue weighted by atomic mass is 9.87. The average molecular weight is 153 g/mol. The number of nitrogens with one attached hydrogen (secondary N) is 1. The summed E-state index contributed by atoms with van der Waals surface area (Å²) >= 11 is 0. The first-order valence-corrected chi connectivity index (χ1v) is 3.92. The SMILES string of the molecule is C=CC(NC(=C)C)C(C)(C)C. The zero-order valence-electron chi connectivity index (χ0n) is 8.07. The van der Waals surface area contributed by atoms with Crippen molar-refractivity contribution in [3.8, 4) is 0 Å². The van der Waals surface area contributed by atoms with Gasteiger partial charge in [-0.05, 0) is 12.3 Å². The fourth-order valence-corrected chi connectivity index (χ4v) is 0.894. The third-order valence-corrected chi connectivity index (χ3v) is 1.57. The molecule has 1 nitrogen and oxygen atoms in total. The van der Waals surface area contributed by atoms with Gasteiger partial charge in [-0.3, -0.25) is 0 Å². The number of hydrogen-bond donors (Lipinski definition) is 1. The number of rotatable bonds is 3. The standard InChI is InChI=1S/C10H19N/c1-7-9(10(4,5)6)11-8(2)3/h7,9,11H,1-2H2,3-6H3. The minimum Gasteiger partial charge on any atom is -0.382 e. The van der Waals surface area contributed by atoms with Crippen LogP contribution in [0.15, 0.2) is 24.9 Å². The first-order chi connectivity index (χ1) is 4.88. The predicted molar refractivity (Wildman–Crippen MR) is 51.4 cm³/mol. The van der Waals surface area contributed by atoms with Gasteiger partial charge in [0.25, 0.3) is 0 Å². The molecule has 0 heterocycles. The maximum absolute atomic E-state index is 3.80. The van der Waals surface area contributed by atoms with Gasteiger partial charge in [-0.2, -0.15) is 0 Å². The monoisotopic (exact) mass is 153 g/mol. The summed E-state index contributed by atoms with van der Waals surface area (Å²) in [5.41, 5.74) is 1.20. The van der Waals surface area contributed by atoms with E-state index in [2.05, 4.69) is 39.2 Å². The molecule has 0 spiro atoms. The van der Waals surface area contributed by atoms with Crippen molar-refractivity contribution in [3.63, 3.8) is 0 Å². The van der Waals surface area contributed by atoms with E-state index in [4.69, 9.17) is 0 Å². The zero-order valence-corrected chi connectivity index (χ0v) is 8.07. The Hall–Kier alpha value is -0.720. The maximum atomic E-state index is 3.80. The van der Waals surface area contributed by atoms with Crippen LogP contribution in [-0.2, 0) is 0 Å². The summed E-state index contributed by atoms with van der Waals surface area (Å²) in [5, 5.41) is 3.26. The van der Waals surface area contributed by atoms with Gasteiger partial charge in [-0.25, -0.2) is 0 Å². The van der Waals surface area contributed by atoms with Gasteiger partial charge in [0.05, 0.1) is 0 Å². The molecule has 0 aromatic carbocycles. The first kappa shape index (κ1) is 10.3. The van der Waals surface area contributed by atoms with Gasteiger partial charge in [0.1, 0.15) is 0 Å². The van der Waals surface area contributed by atoms with Crippen molar-refractivity contribution in [1.82, 2.24) is 5.32 Å². The molecular formula is C10H19N. The normalized spacial score (nSPS) is 13.8. The second-order valence-corrected chi connectivity index (χ2v) is 4.00. The van der Waals surface area contributed by atoms with Crippen LogP contribution in [-0.4, -0.2) is 6.04 Å². The van der Waals surface area contributed by atoms with Gasteiger partial charge in [-0.15, -0.1) is 6.58 Å². The highest BCUT2D eigenvalue weighted by Gasteiger charge is 2.20. The lowest BCUT2D eigenvalue weighted by molar-refractivity contribution is 0.331. The summed E-state index contributed by atoms with van der Waals surface area (Å²) in [6.07, 6.45) is 1.93. The minimum atomic E-state index is 0.209. The molecule has 0 aromatic rings. The molecular weight excluding hydrogens is 134 g/mol. The molecule has 0 saturated carbocycles. The Kier molecular flexibility index (Phi) is 3.37. The van der Waals surface area contributed by atoms with Crippen molar-refractivity contribution >= 4 is 0 Å². The van der Waals surface area contributed by atoms with E-state index in [-0.39, 0.29) is 5.41 Å². The van der Waals surface area contributed by atoms with Crippen molar-refractivity contribution in [1.29, 1.82) is 0 Å². The van der Waals surface area contributed by atoms with Crippen LogP contribution in [0.5, 0.6) is 0 Å². The molecule has 1 N–H and O–H groups in total. The molecule has 0 bridgehead atoms. The smallest absolute Gasteiger partial charge is 0.0486 e. The molecule has 0 rings (SSSR count). The van der Waals surface area contributed by atoms with E-state index < -0.39 is 0 Å². The molecule has 0 aliphatic rings. The fourth-order valence-electron chi connectivity index (χ4n) is 0.894. The summed E-state index contributed by atoms with van der Waals surface area (Å²) in [7, 11) is 0. The van der Waals surface area contributed by atoms with Crippen molar-refractivity contribution < 1.29 is 0 Å². The van der Waals surface area contributed by atoms with Crippen molar-refractivity contribution in [2.24, 2.45) is 5.41 Å². The highest BCUT2D eigenvalue weighted by Crippen LogP contribution is 2.20. The molecule has 0 aliphatic carbocycles. The van der Waals surface area contributed by atoms with Crippen LogP contribution < -0.4 is 5.32 Å². The summed E-state index contributed by atoms with van der Waals surface area (Å²) in [5.74, 6) is 0. The van der Waals surface area contributed by atoms with Crippen molar-refractivity contribution in [2.75, 3.05) is 0 Å². The molecule has 0 amide bonds. The highest BCUT2D eigenvalue weighted by molar-refractivity contribution is 5.01. The molecule has 0 saturated heterocycles. The summed E-state index contributed by atoms with van der Waals surface area (Å²) in [4.78, 5) is 0. The Labute approximate surface area is 70.2 Å². The van der Waals surface area contributed by atoms with Crippen LogP contribution in [0, 0.1) is 5.41 Å². The molecule has 11 heavy (non-hydrogen) atoms. The molecule has 1 atom stereocenters. The van der Waals surface area contributed by atoms with E-state index in [1.165, 1.54) is 0 Å². The molecule has 64 valence electrons. The fraction of sp³-hybridized carbons (Fsp3) is 0.600. The Morgan fingerprint density at radius 1 is 1.45 bits per heavy atom. The van der Waals surface area contributed by atoms with Gasteiger partial charge in [-0.1, -0.05) is 33.4 Å². The van der Waals surface area contributed by atoms with Crippen LogP contribution in [0.1, 0.15) is 27.7 Å². The molecule has 0 aromatic heterocycles. The Balaban J connectivity index is 4.18. The van der Waals surface area contributed by atoms with Crippen molar-refractivity contribution in [3.05, 3.63) is 24.9 Å². The minimum absolute atomic E-state index is 0.209. The van der Waals surface area contributed by atoms with Crippen LogP contribution in [0.25, 0.3) is 0 Å². The topological polar surface area (TPSA) is 12.0 Å². The van der Waals surface area contributed by atoms with Gasteiger partial charge >= 0.3 is 0 Å². The van der Waals surface area contributed by atoms with E-state index in [1.807, 2.05) is 13.0 Å². The van der Waals surface area contributed by atoms with E-state index >= 15 is 0 Å². The van der Waals surface area contributed by atoms with Crippen LogP contribution in [0.3, 0.4) is 0 Å². The number of allylic oxidation sites excluding steroid dienone is 1. The van der Waals surface area contributed by atoms with Crippen molar-refractivity contribution in [2.45, 2.75) is 33.7 Å². The third kappa shape index (κ3) is 3.87. The summed E-state index contributed by atoms with van der Waals surface area (Å²) in [6.45, 7) is 16.1. The van der Waals surface area contributed by atoms with E-state index in [0.29, 0.717) is 6.04 Å². The molecule has 0 aliphatic heterocycles. The quantitative estimate of drug-likeness (QED) is 0.615. The maximum Gasteiger partial charge on any atom is 0.0486 e. The predicted octanol–water partition coefficient (Wildman–Crippen LogP) is 2.71. The van der Waals surface area contributed by atoms with Gasteiger partial charge in [0.2, 0.25) is 0 Å². The second kappa shape index (κ2) is 3.61. The molecule has 1 unspecified atom stereocenters. The van der Waals surface area contributed by atoms with E-state index in [1.54, 1.807) is 0 Å². The zero-order chi connectivity index (χ0) is 9.07. The van der Waals surface area contributed by atoms with Gasteiger partial charge < -0.3 is 5.32 Å². The largest absolute Gasteiger partial charge is 0.382 e. The summed E-state index contributed by atoms with van der Waals surface area (Å²) < 4.78 is 0. The Morgan fingerprint density at radius 3 is 2.00 bits per heavy atom.